The zero-order valence-electron chi connectivity index (χ0n) is 15.8. The fourth-order valence-corrected chi connectivity index (χ4v) is 4.72. The molecule has 0 unspecified atom stereocenters. The highest BCUT2D eigenvalue weighted by atomic mass is 16.6. The van der Waals surface area contributed by atoms with Gasteiger partial charge in [-0.25, -0.2) is 4.63 Å². The van der Waals surface area contributed by atoms with E-state index in [1.165, 1.54) is 18.4 Å². The number of fused-ring (bicyclic) bond motifs is 1. The number of hydrogen-bond acceptors (Lipinski definition) is 6. The number of likely N-dealkylation sites (N-methyl/N-ethyl adjacent to an activating group) is 1. The smallest absolute Gasteiger partial charge is 0.280 e. The minimum absolute atomic E-state index is 0.0705. The molecule has 0 aliphatic carbocycles. The van der Waals surface area contributed by atoms with E-state index >= 15 is 0 Å². The maximum Gasteiger partial charge on any atom is 0.280 e. The Morgan fingerprint density at radius 3 is 2.74 bits per heavy atom. The SMILES string of the molecule is CN1CCCCC[C@@H]2[C@@H]1C[C@@H](Cc1ccccc1)N2C(=O)c1nonc1N. The van der Waals surface area contributed by atoms with Crippen LogP contribution in [0.5, 0.6) is 0 Å². The third kappa shape index (κ3) is 3.56. The Kier molecular flexibility index (Phi) is 5.11. The maximum absolute atomic E-state index is 13.4. The third-order valence-electron chi connectivity index (χ3n) is 6.05. The third-order valence-corrected chi connectivity index (χ3v) is 6.05. The lowest BCUT2D eigenvalue weighted by atomic mass is 9.96. The average Bonchev–Trinajstić information content (AvgIpc) is 3.24. The first-order chi connectivity index (χ1) is 13.1. The van der Waals surface area contributed by atoms with Crippen LogP contribution in [0.2, 0.25) is 0 Å². The average molecular weight is 369 g/mol. The van der Waals surface area contributed by atoms with Gasteiger partial charge in [0, 0.05) is 18.1 Å². The lowest BCUT2D eigenvalue weighted by Gasteiger charge is -2.35. The number of aromatic nitrogens is 2. The van der Waals surface area contributed by atoms with Gasteiger partial charge in [-0.3, -0.25) is 4.79 Å². The predicted molar refractivity (Wildman–Crippen MR) is 102 cm³/mol. The van der Waals surface area contributed by atoms with Crippen molar-refractivity contribution < 1.29 is 9.42 Å². The Morgan fingerprint density at radius 1 is 1.19 bits per heavy atom. The molecular weight excluding hydrogens is 342 g/mol. The monoisotopic (exact) mass is 369 g/mol. The molecule has 0 radical (unpaired) electrons. The van der Waals surface area contributed by atoms with Crippen molar-refractivity contribution in [2.45, 2.75) is 56.7 Å². The van der Waals surface area contributed by atoms with Crippen LogP contribution in [0.3, 0.4) is 0 Å². The number of nitrogens with two attached hydrogens (primary N) is 1. The zero-order chi connectivity index (χ0) is 18.8. The number of hydrogen-bond donors (Lipinski definition) is 1. The number of benzene rings is 1. The zero-order valence-corrected chi connectivity index (χ0v) is 15.8. The first-order valence-electron chi connectivity index (χ1n) is 9.80. The number of anilines is 1. The maximum atomic E-state index is 13.4. The molecule has 3 atom stereocenters. The minimum Gasteiger partial charge on any atom is -0.379 e. The van der Waals surface area contributed by atoms with Gasteiger partial charge in [0.15, 0.2) is 0 Å². The number of nitrogen functional groups attached to an aromatic ring is 1. The van der Waals surface area contributed by atoms with E-state index in [-0.39, 0.29) is 29.5 Å². The molecule has 2 aromatic rings. The second-order valence-corrected chi connectivity index (χ2v) is 7.75. The Hall–Kier alpha value is -2.41. The van der Waals surface area contributed by atoms with Crippen molar-refractivity contribution in [3.8, 4) is 0 Å². The number of nitrogens with zero attached hydrogens (tertiary/aromatic N) is 4. The molecule has 2 fully saturated rings. The van der Waals surface area contributed by atoms with Crippen LogP contribution in [0, 0.1) is 0 Å². The van der Waals surface area contributed by atoms with Crippen LogP contribution in [-0.4, -0.2) is 57.7 Å². The number of amides is 1. The number of likely N-dealkylation sites (tertiary alicyclic amines) is 2. The van der Waals surface area contributed by atoms with Gasteiger partial charge in [-0.1, -0.05) is 43.2 Å². The van der Waals surface area contributed by atoms with Crippen molar-refractivity contribution in [1.29, 1.82) is 0 Å². The van der Waals surface area contributed by atoms with Gasteiger partial charge in [0.05, 0.1) is 0 Å². The van der Waals surface area contributed by atoms with E-state index in [9.17, 15) is 4.79 Å². The fourth-order valence-electron chi connectivity index (χ4n) is 4.72. The number of carbonyl (C=O) groups excluding carboxylic acids is 1. The Labute approximate surface area is 159 Å². The largest absolute Gasteiger partial charge is 0.379 e. The molecule has 7 heteroatoms. The topological polar surface area (TPSA) is 88.5 Å². The van der Waals surface area contributed by atoms with Crippen LogP contribution in [0.4, 0.5) is 5.82 Å². The summed E-state index contributed by atoms with van der Waals surface area (Å²) in [5, 5.41) is 7.39. The molecule has 2 N–H and O–H groups in total. The van der Waals surface area contributed by atoms with E-state index in [0.29, 0.717) is 6.04 Å². The van der Waals surface area contributed by atoms with Crippen LogP contribution in [0.1, 0.15) is 48.2 Å². The van der Waals surface area contributed by atoms with Crippen molar-refractivity contribution >= 4 is 11.7 Å². The van der Waals surface area contributed by atoms with Gasteiger partial charge in [0.1, 0.15) is 0 Å². The van der Waals surface area contributed by atoms with Crippen LogP contribution in [0.15, 0.2) is 35.0 Å². The normalized spacial score (nSPS) is 26.4. The van der Waals surface area contributed by atoms with Gasteiger partial charge >= 0.3 is 0 Å². The Balaban J connectivity index is 1.66. The van der Waals surface area contributed by atoms with Gasteiger partial charge in [0.2, 0.25) is 11.5 Å². The summed E-state index contributed by atoms with van der Waals surface area (Å²) < 4.78 is 4.70. The second kappa shape index (κ2) is 7.68. The predicted octanol–water partition coefficient (Wildman–Crippen LogP) is 2.35. The Morgan fingerprint density at radius 2 is 2.00 bits per heavy atom. The van der Waals surface area contributed by atoms with Crippen molar-refractivity contribution in [2.24, 2.45) is 0 Å². The van der Waals surface area contributed by atoms with Gasteiger partial charge in [-0.2, -0.15) is 0 Å². The summed E-state index contributed by atoms with van der Waals surface area (Å²) in [6.45, 7) is 1.08. The highest BCUT2D eigenvalue weighted by Crippen LogP contribution is 2.36. The standard InChI is InChI=1S/C20H27N5O2/c1-24-11-7-3-6-10-16-17(24)13-15(12-14-8-4-2-5-9-14)25(16)20(26)18-19(21)23-27-22-18/h2,4-5,8-9,15-17H,3,6-7,10-13H2,1H3,(H2,21,23)/t15-,16-,17+/m1/s1. The molecule has 4 rings (SSSR count). The summed E-state index contributed by atoms with van der Waals surface area (Å²) in [6.07, 6.45) is 6.37. The van der Waals surface area contributed by atoms with Gasteiger partial charge in [-0.05, 0) is 55.2 Å². The summed E-state index contributed by atoms with van der Waals surface area (Å²) in [5.74, 6) is -0.0859. The van der Waals surface area contributed by atoms with Crippen molar-refractivity contribution in [2.75, 3.05) is 19.3 Å². The molecule has 1 aromatic heterocycles. The van der Waals surface area contributed by atoms with Crippen molar-refractivity contribution in [1.82, 2.24) is 20.1 Å². The second-order valence-electron chi connectivity index (χ2n) is 7.75. The molecule has 7 nitrogen and oxygen atoms in total. The highest BCUT2D eigenvalue weighted by molar-refractivity contribution is 5.96. The molecule has 1 aromatic carbocycles. The van der Waals surface area contributed by atoms with Crippen molar-refractivity contribution in [3.05, 3.63) is 41.6 Å². The van der Waals surface area contributed by atoms with Gasteiger partial charge in [0.25, 0.3) is 5.91 Å². The fraction of sp³-hybridized carbons (Fsp3) is 0.550. The molecule has 2 aliphatic heterocycles. The van der Waals surface area contributed by atoms with E-state index in [1.807, 2.05) is 23.1 Å². The molecule has 2 saturated heterocycles. The van der Waals surface area contributed by atoms with Crippen molar-refractivity contribution in [3.63, 3.8) is 0 Å². The summed E-state index contributed by atoms with van der Waals surface area (Å²) in [5.41, 5.74) is 7.21. The van der Waals surface area contributed by atoms with Crippen LogP contribution >= 0.6 is 0 Å². The molecule has 27 heavy (non-hydrogen) atoms. The quantitative estimate of drug-likeness (QED) is 0.893. The lowest BCUT2D eigenvalue weighted by molar-refractivity contribution is 0.0594. The van der Waals surface area contributed by atoms with Gasteiger partial charge in [-0.15, -0.1) is 0 Å². The first kappa shape index (κ1) is 18.0. The molecular formula is C20H27N5O2. The summed E-state index contributed by atoms with van der Waals surface area (Å²) in [7, 11) is 2.18. The van der Waals surface area contributed by atoms with Crippen LogP contribution < -0.4 is 5.73 Å². The molecule has 144 valence electrons. The molecule has 1 amide bonds. The Bertz CT molecular complexity index is 778. The van der Waals surface area contributed by atoms with E-state index in [0.717, 1.165) is 32.2 Å². The van der Waals surface area contributed by atoms with E-state index in [2.05, 4.69) is 34.4 Å². The molecule has 3 heterocycles. The van der Waals surface area contributed by atoms with Crippen LogP contribution in [0.25, 0.3) is 0 Å². The number of rotatable bonds is 3. The first-order valence-corrected chi connectivity index (χ1v) is 9.80. The summed E-state index contributed by atoms with van der Waals surface area (Å²) >= 11 is 0. The molecule has 0 saturated carbocycles. The molecule has 2 aliphatic rings. The van der Waals surface area contributed by atoms with E-state index in [1.54, 1.807) is 0 Å². The van der Waals surface area contributed by atoms with E-state index < -0.39 is 0 Å². The molecule has 0 spiro atoms. The molecule has 0 bridgehead atoms. The van der Waals surface area contributed by atoms with E-state index in [4.69, 9.17) is 10.4 Å². The van der Waals surface area contributed by atoms with Crippen LogP contribution in [-0.2, 0) is 6.42 Å². The number of carbonyl (C=O) groups is 1. The minimum atomic E-state index is -0.156. The highest BCUT2D eigenvalue weighted by Gasteiger charge is 2.46. The lowest BCUT2D eigenvalue weighted by Crippen LogP contribution is -2.48. The summed E-state index contributed by atoms with van der Waals surface area (Å²) in [4.78, 5) is 17.8. The summed E-state index contributed by atoms with van der Waals surface area (Å²) in [6, 6.07) is 11.0. The van der Waals surface area contributed by atoms with Gasteiger partial charge < -0.3 is 15.5 Å².